The molecule has 0 radical (unpaired) electrons. The Morgan fingerprint density at radius 2 is 1.96 bits per heavy atom. The number of amides is 1. The minimum atomic E-state index is -0.535. The van der Waals surface area contributed by atoms with Crippen LogP contribution in [0.5, 0.6) is 0 Å². The van der Waals surface area contributed by atoms with Crippen LogP contribution in [0.15, 0.2) is 30.5 Å². The van der Waals surface area contributed by atoms with E-state index in [2.05, 4.69) is 5.10 Å². The highest BCUT2D eigenvalue weighted by Crippen LogP contribution is 2.27. The summed E-state index contributed by atoms with van der Waals surface area (Å²) in [5.74, 6) is -0.402. The zero-order valence-electron chi connectivity index (χ0n) is 14.8. The number of carbonyl (C=O) groups excluding carboxylic acids is 2. The van der Waals surface area contributed by atoms with Crippen molar-refractivity contribution in [3.63, 3.8) is 0 Å². The molecule has 7 heteroatoms. The van der Waals surface area contributed by atoms with Gasteiger partial charge in [0.15, 0.2) is 0 Å². The Kier molecular flexibility index (Phi) is 4.24. The van der Waals surface area contributed by atoms with Crippen LogP contribution in [0.25, 0.3) is 5.69 Å². The van der Waals surface area contributed by atoms with Crippen LogP contribution in [0.2, 0.25) is 0 Å². The van der Waals surface area contributed by atoms with Crippen LogP contribution in [-0.2, 0) is 22.6 Å². The molecule has 0 atom stereocenters. The summed E-state index contributed by atoms with van der Waals surface area (Å²) < 4.78 is 11.9. The Bertz CT molecular complexity index is 820. The third-order valence-corrected chi connectivity index (χ3v) is 3.82. The molecule has 0 spiro atoms. The lowest BCUT2D eigenvalue weighted by Gasteiger charge is -2.24. The monoisotopic (exact) mass is 343 g/mol. The van der Waals surface area contributed by atoms with E-state index in [1.807, 2.05) is 26.8 Å². The number of ether oxygens (including phenoxy) is 2. The summed E-state index contributed by atoms with van der Waals surface area (Å²) >= 11 is 0. The summed E-state index contributed by atoms with van der Waals surface area (Å²) in [7, 11) is 1.35. The molecule has 1 aliphatic heterocycles. The van der Waals surface area contributed by atoms with Crippen molar-refractivity contribution in [2.75, 3.05) is 7.11 Å². The van der Waals surface area contributed by atoms with Gasteiger partial charge in [-0.3, -0.25) is 4.90 Å². The fourth-order valence-corrected chi connectivity index (χ4v) is 2.71. The van der Waals surface area contributed by atoms with Gasteiger partial charge >= 0.3 is 12.1 Å². The van der Waals surface area contributed by atoms with Gasteiger partial charge in [-0.15, -0.1) is 0 Å². The summed E-state index contributed by atoms with van der Waals surface area (Å²) in [5, 5.41) is 4.39. The number of rotatable bonds is 2. The lowest BCUT2D eigenvalue weighted by molar-refractivity contribution is 0.0238. The zero-order chi connectivity index (χ0) is 18.2. The SMILES string of the molecule is COC(=O)c1cccc(-n2ncc3c2CN(C(=O)OC(C)(C)C)C3)c1. The smallest absolute Gasteiger partial charge is 0.410 e. The van der Waals surface area contributed by atoms with Crippen molar-refractivity contribution in [3.8, 4) is 5.69 Å². The molecule has 0 unspecified atom stereocenters. The van der Waals surface area contributed by atoms with Crippen LogP contribution < -0.4 is 0 Å². The van der Waals surface area contributed by atoms with Crippen molar-refractivity contribution in [1.29, 1.82) is 0 Å². The molecule has 0 fully saturated rings. The lowest BCUT2D eigenvalue weighted by atomic mass is 10.2. The van der Waals surface area contributed by atoms with Gasteiger partial charge in [-0.1, -0.05) is 6.07 Å². The first kappa shape index (κ1) is 17.0. The fourth-order valence-electron chi connectivity index (χ4n) is 2.71. The molecule has 0 N–H and O–H groups in total. The van der Waals surface area contributed by atoms with Crippen molar-refractivity contribution < 1.29 is 19.1 Å². The molecule has 7 nitrogen and oxygen atoms in total. The maximum Gasteiger partial charge on any atom is 0.410 e. The number of aromatic nitrogens is 2. The van der Waals surface area contributed by atoms with Crippen molar-refractivity contribution >= 4 is 12.1 Å². The summed E-state index contributed by atoms with van der Waals surface area (Å²) in [4.78, 5) is 25.6. The van der Waals surface area contributed by atoms with Crippen molar-refractivity contribution in [2.45, 2.75) is 39.5 Å². The molecule has 1 amide bonds. The molecule has 3 rings (SSSR count). The minimum absolute atomic E-state index is 0.349. The lowest BCUT2D eigenvalue weighted by Crippen LogP contribution is -2.33. The third-order valence-electron chi connectivity index (χ3n) is 3.82. The number of benzene rings is 1. The second kappa shape index (κ2) is 6.23. The number of hydrogen-bond acceptors (Lipinski definition) is 5. The molecule has 0 aliphatic carbocycles. The van der Waals surface area contributed by atoms with Gasteiger partial charge in [0, 0.05) is 5.56 Å². The average Bonchev–Trinajstić information content (AvgIpc) is 3.13. The first-order chi connectivity index (χ1) is 11.8. The highest BCUT2D eigenvalue weighted by molar-refractivity contribution is 5.89. The van der Waals surface area contributed by atoms with Gasteiger partial charge in [0.25, 0.3) is 0 Å². The maximum absolute atomic E-state index is 12.3. The van der Waals surface area contributed by atoms with Crippen LogP contribution in [0.1, 0.15) is 42.4 Å². The predicted molar refractivity (Wildman–Crippen MR) is 90.4 cm³/mol. The molecule has 0 saturated heterocycles. The Hall–Kier alpha value is -2.83. The standard InChI is InChI=1S/C18H21N3O4/c1-18(2,3)25-17(23)20-10-13-9-19-21(15(13)11-20)14-7-5-6-12(8-14)16(22)24-4/h5-9H,10-11H2,1-4H3. The zero-order valence-corrected chi connectivity index (χ0v) is 14.8. The quantitative estimate of drug-likeness (QED) is 0.784. The van der Waals surface area contributed by atoms with E-state index in [0.29, 0.717) is 18.7 Å². The molecule has 1 aromatic heterocycles. The van der Waals surface area contributed by atoms with Gasteiger partial charge < -0.3 is 9.47 Å². The fraction of sp³-hybridized carbons (Fsp3) is 0.389. The van der Waals surface area contributed by atoms with Gasteiger partial charge in [-0.2, -0.15) is 5.10 Å². The molecule has 1 aliphatic rings. The van der Waals surface area contributed by atoms with Crippen LogP contribution in [0, 0.1) is 0 Å². The Labute approximate surface area is 146 Å². The van der Waals surface area contributed by atoms with E-state index in [9.17, 15) is 9.59 Å². The number of esters is 1. The van der Waals surface area contributed by atoms with Crippen LogP contribution in [-0.4, -0.2) is 39.5 Å². The first-order valence-corrected chi connectivity index (χ1v) is 8.01. The molecule has 2 heterocycles. The van der Waals surface area contributed by atoms with Gasteiger partial charge in [-0.25, -0.2) is 14.3 Å². The van der Waals surface area contributed by atoms with E-state index < -0.39 is 11.6 Å². The number of nitrogens with zero attached hydrogens (tertiary/aromatic N) is 3. The van der Waals surface area contributed by atoms with Gasteiger partial charge in [0.1, 0.15) is 5.60 Å². The van der Waals surface area contributed by atoms with Crippen molar-refractivity contribution in [3.05, 3.63) is 47.3 Å². The summed E-state index contributed by atoms with van der Waals surface area (Å²) in [6, 6.07) is 7.04. The highest BCUT2D eigenvalue weighted by Gasteiger charge is 2.30. The minimum Gasteiger partial charge on any atom is -0.465 e. The number of carbonyl (C=O) groups is 2. The van der Waals surface area contributed by atoms with E-state index in [4.69, 9.17) is 9.47 Å². The molecule has 25 heavy (non-hydrogen) atoms. The highest BCUT2D eigenvalue weighted by atomic mass is 16.6. The largest absolute Gasteiger partial charge is 0.465 e. The normalized spacial score (nSPS) is 13.5. The topological polar surface area (TPSA) is 73.7 Å². The third kappa shape index (κ3) is 3.50. The van der Waals surface area contributed by atoms with Crippen molar-refractivity contribution in [1.82, 2.24) is 14.7 Å². The first-order valence-electron chi connectivity index (χ1n) is 8.01. The second-order valence-corrected chi connectivity index (χ2v) is 6.91. The second-order valence-electron chi connectivity index (χ2n) is 6.91. The Morgan fingerprint density at radius 3 is 2.64 bits per heavy atom. The average molecular weight is 343 g/mol. The van der Waals surface area contributed by atoms with Crippen LogP contribution >= 0.6 is 0 Å². The van der Waals surface area contributed by atoms with Gasteiger partial charge in [0.05, 0.1) is 43.3 Å². The molecule has 132 valence electrons. The predicted octanol–water partition coefficient (Wildman–Crippen LogP) is 2.91. The van der Waals surface area contributed by atoms with E-state index in [-0.39, 0.29) is 6.09 Å². The van der Waals surface area contributed by atoms with E-state index >= 15 is 0 Å². The van der Waals surface area contributed by atoms with Gasteiger partial charge in [0.2, 0.25) is 0 Å². The van der Waals surface area contributed by atoms with E-state index in [1.54, 1.807) is 34.0 Å². The summed E-state index contributed by atoms with van der Waals surface area (Å²) in [6.07, 6.45) is 1.39. The molecular weight excluding hydrogens is 322 g/mol. The maximum atomic E-state index is 12.3. The molecule has 2 aromatic rings. The summed E-state index contributed by atoms with van der Waals surface area (Å²) in [5.41, 5.74) is 2.54. The molecular formula is C18H21N3O4. The van der Waals surface area contributed by atoms with Crippen LogP contribution in [0.4, 0.5) is 4.79 Å². The number of fused-ring (bicyclic) bond motifs is 1. The number of hydrogen-bond donors (Lipinski definition) is 0. The van der Waals surface area contributed by atoms with Gasteiger partial charge in [-0.05, 0) is 39.0 Å². The van der Waals surface area contributed by atoms with E-state index in [0.717, 1.165) is 16.9 Å². The molecule has 0 bridgehead atoms. The molecule has 0 saturated carbocycles. The Balaban J connectivity index is 1.84. The van der Waals surface area contributed by atoms with Crippen molar-refractivity contribution in [2.24, 2.45) is 0 Å². The van der Waals surface area contributed by atoms with E-state index in [1.165, 1.54) is 7.11 Å². The molecule has 1 aromatic carbocycles. The summed E-state index contributed by atoms with van der Waals surface area (Å²) in [6.45, 7) is 6.39. The van der Waals surface area contributed by atoms with Crippen LogP contribution in [0.3, 0.4) is 0 Å². The Morgan fingerprint density at radius 1 is 1.20 bits per heavy atom. The number of methoxy groups -OCH3 is 1.